The second-order valence-corrected chi connectivity index (χ2v) is 4.65. The molecule has 0 amide bonds. The van der Waals surface area contributed by atoms with Crippen LogP contribution in [0.5, 0.6) is 0 Å². The molecule has 1 aromatic rings. The first kappa shape index (κ1) is 14.0. The molecule has 4 nitrogen and oxygen atoms in total. The van der Waals surface area contributed by atoms with Gasteiger partial charge in [0.25, 0.3) is 0 Å². The first-order valence-corrected chi connectivity index (χ1v) is 6.47. The summed E-state index contributed by atoms with van der Waals surface area (Å²) >= 11 is 0. The molecule has 1 N–H and O–H groups in total. The van der Waals surface area contributed by atoms with Crippen molar-refractivity contribution in [1.82, 2.24) is 10.2 Å². The number of piperazine rings is 1. The van der Waals surface area contributed by atoms with Crippen molar-refractivity contribution in [2.75, 3.05) is 39.8 Å². The Morgan fingerprint density at radius 2 is 2.11 bits per heavy atom. The fourth-order valence-electron chi connectivity index (χ4n) is 2.35. The minimum Gasteiger partial charge on any atom is -0.469 e. The number of hydrogen-bond acceptors (Lipinski definition) is 4. The maximum atomic E-state index is 13.9. The number of nitrogens with zero attached hydrogens (tertiary/aromatic N) is 1. The lowest BCUT2D eigenvalue weighted by molar-refractivity contribution is -0.143. The molecule has 5 heteroatoms. The summed E-state index contributed by atoms with van der Waals surface area (Å²) in [5, 5.41) is 3.25. The molecule has 1 atom stereocenters. The van der Waals surface area contributed by atoms with E-state index in [1.807, 2.05) is 0 Å². The van der Waals surface area contributed by atoms with E-state index in [1.165, 1.54) is 13.2 Å². The third kappa shape index (κ3) is 3.52. The van der Waals surface area contributed by atoms with E-state index in [0.717, 1.165) is 26.2 Å². The molecule has 0 saturated carbocycles. The van der Waals surface area contributed by atoms with Gasteiger partial charge in [-0.3, -0.25) is 9.69 Å². The van der Waals surface area contributed by atoms with Crippen LogP contribution in [0.1, 0.15) is 11.5 Å². The summed E-state index contributed by atoms with van der Waals surface area (Å²) < 4.78 is 18.7. The molecule has 1 heterocycles. The van der Waals surface area contributed by atoms with Crippen molar-refractivity contribution in [3.05, 3.63) is 35.6 Å². The Morgan fingerprint density at radius 1 is 1.42 bits per heavy atom. The predicted molar refractivity (Wildman–Crippen MR) is 70.5 cm³/mol. The van der Waals surface area contributed by atoms with Gasteiger partial charge in [0.2, 0.25) is 0 Å². The minimum absolute atomic E-state index is 0.354. The average molecular weight is 266 g/mol. The number of rotatable bonds is 4. The van der Waals surface area contributed by atoms with Crippen LogP contribution in [-0.4, -0.2) is 50.7 Å². The molecule has 19 heavy (non-hydrogen) atoms. The summed E-state index contributed by atoms with van der Waals surface area (Å²) in [6.45, 7) is 4.01. The number of carbonyl (C=O) groups excluding carboxylic acids is 1. The third-order valence-electron chi connectivity index (χ3n) is 3.42. The van der Waals surface area contributed by atoms with Gasteiger partial charge < -0.3 is 10.1 Å². The van der Waals surface area contributed by atoms with Crippen LogP contribution in [0.25, 0.3) is 0 Å². The summed E-state index contributed by atoms with van der Waals surface area (Å²) in [6.07, 6.45) is 0. The van der Waals surface area contributed by atoms with Crippen LogP contribution in [0.3, 0.4) is 0 Å². The Morgan fingerprint density at radius 3 is 2.74 bits per heavy atom. The SMILES string of the molecule is COC(=O)C(CN1CCNCC1)c1ccccc1F. The van der Waals surface area contributed by atoms with E-state index in [-0.39, 0.29) is 11.8 Å². The second-order valence-electron chi connectivity index (χ2n) is 4.65. The molecule has 0 spiro atoms. The smallest absolute Gasteiger partial charge is 0.314 e. The summed E-state index contributed by atoms with van der Waals surface area (Å²) in [7, 11) is 1.34. The quantitative estimate of drug-likeness (QED) is 0.825. The highest BCUT2D eigenvalue weighted by Crippen LogP contribution is 2.22. The van der Waals surface area contributed by atoms with Crippen LogP contribution < -0.4 is 5.32 Å². The van der Waals surface area contributed by atoms with Crippen molar-refractivity contribution in [2.24, 2.45) is 0 Å². The number of methoxy groups -OCH3 is 1. The molecular formula is C14H19FN2O2. The van der Waals surface area contributed by atoms with Crippen molar-refractivity contribution in [1.29, 1.82) is 0 Å². The Kier molecular flexibility index (Phi) is 4.87. The van der Waals surface area contributed by atoms with Gasteiger partial charge in [-0.15, -0.1) is 0 Å². The lowest BCUT2D eigenvalue weighted by atomic mass is 9.97. The van der Waals surface area contributed by atoms with Gasteiger partial charge in [0.1, 0.15) is 5.82 Å². The van der Waals surface area contributed by atoms with Crippen molar-refractivity contribution in [2.45, 2.75) is 5.92 Å². The van der Waals surface area contributed by atoms with E-state index in [4.69, 9.17) is 4.74 Å². The zero-order valence-corrected chi connectivity index (χ0v) is 11.1. The van der Waals surface area contributed by atoms with Gasteiger partial charge in [-0.1, -0.05) is 18.2 Å². The minimum atomic E-state index is -0.565. The number of carbonyl (C=O) groups is 1. The van der Waals surface area contributed by atoms with Crippen molar-refractivity contribution in [3.63, 3.8) is 0 Å². The van der Waals surface area contributed by atoms with E-state index >= 15 is 0 Å². The van der Waals surface area contributed by atoms with Crippen molar-refractivity contribution >= 4 is 5.97 Å². The normalized spacial score (nSPS) is 18.0. The molecule has 1 fully saturated rings. The van der Waals surface area contributed by atoms with Crippen molar-refractivity contribution < 1.29 is 13.9 Å². The fraction of sp³-hybridized carbons (Fsp3) is 0.500. The van der Waals surface area contributed by atoms with Gasteiger partial charge in [-0.25, -0.2) is 4.39 Å². The van der Waals surface area contributed by atoms with E-state index in [1.54, 1.807) is 18.2 Å². The van der Waals surface area contributed by atoms with Gasteiger partial charge in [0, 0.05) is 38.3 Å². The van der Waals surface area contributed by atoms with E-state index in [0.29, 0.717) is 12.1 Å². The molecule has 1 aromatic carbocycles. The van der Waals surface area contributed by atoms with Gasteiger partial charge in [0.15, 0.2) is 0 Å². The Bertz CT molecular complexity index is 433. The van der Waals surface area contributed by atoms with Gasteiger partial charge in [0.05, 0.1) is 13.0 Å². The highest BCUT2D eigenvalue weighted by atomic mass is 19.1. The molecular weight excluding hydrogens is 247 g/mol. The van der Waals surface area contributed by atoms with E-state index in [9.17, 15) is 9.18 Å². The molecule has 0 aliphatic carbocycles. The van der Waals surface area contributed by atoms with Crippen LogP contribution in [0.2, 0.25) is 0 Å². The van der Waals surface area contributed by atoms with Crippen LogP contribution >= 0.6 is 0 Å². The second kappa shape index (κ2) is 6.63. The Hall–Kier alpha value is -1.46. The molecule has 104 valence electrons. The number of ether oxygens (including phenoxy) is 1. The highest BCUT2D eigenvalue weighted by molar-refractivity contribution is 5.78. The van der Waals surface area contributed by atoms with E-state index in [2.05, 4.69) is 10.2 Å². The first-order chi connectivity index (χ1) is 9.22. The molecule has 2 rings (SSSR count). The maximum absolute atomic E-state index is 13.9. The zero-order chi connectivity index (χ0) is 13.7. The topological polar surface area (TPSA) is 41.6 Å². The summed E-state index contributed by atoms with van der Waals surface area (Å²) in [5.41, 5.74) is 0.410. The number of esters is 1. The molecule has 1 aliphatic rings. The zero-order valence-electron chi connectivity index (χ0n) is 11.1. The van der Waals surface area contributed by atoms with Gasteiger partial charge in [-0.05, 0) is 6.07 Å². The molecule has 1 saturated heterocycles. The lowest BCUT2D eigenvalue weighted by Gasteiger charge is -2.30. The average Bonchev–Trinajstić information content (AvgIpc) is 2.46. The largest absolute Gasteiger partial charge is 0.469 e. The first-order valence-electron chi connectivity index (χ1n) is 6.47. The number of benzene rings is 1. The number of hydrogen-bond donors (Lipinski definition) is 1. The maximum Gasteiger partial charge on any atom is 0.314 e. The van der Waals surface area contributed by atoms with E-state index < -0.39 is 5.92 Å². The van der Waals surface area contributed by atoms with Crippen LogP contribution in [0, 0.1) is 5.82 Å². The standard InChI is InChI=1S/C14H19FN2O2/c1-19-14(18)12(10-17-8-6-16-7-9-17)11-4-2-3-5-13(11)15/h2-5,12,16H,6-10H2,1H3. The van der Waals surface area contributed by atoms with Gasteiger partial charge >= 0.3 is 5.97 Å². The molecule has 1 aliphatic heterocycles. The van der Waals surface area contributed by atoms with Crippen LogP contribution in [-0.2, 0) is 9.53 Å². The predicted octanol–water partition coefficient (Wildman–Crippen LogP) is 0.988. The Balaban J connectivity index is 2.16. The number of halogens is 1. The Labute approximate surface area is 112 Å². The summed E-state index contributed by atoms with van der Waals surface area (Å²) in [4.78, 5) is 14.1. The molecule has 0 aromatic heterocycles. The third-order valence-corrected chi connectivity index (χ3v) is 3.42. The molecule has 0 bridgehead atoms. The molecule has 1 unspecified atom stereocenters. The summed E-state index contributed by atoms with van der Waals surface area (Å²) in [5.74, 6) is -1.30. The van der Waals surface area contributed by atoms with Crippen LogP contribution in [0.15, 0.2) is 24.3 Å². The monoisotopic (exact) mass is 266 g/mol. The summed E-state index contributed by atoms with van der Waals surface area (Å²) in [6, 6.07) is 6.40. The number of nitrogens with one attached hydrogen (secondary N) is 1. The highest BCUT2D eigenvalue weighted by Gasteiger charge is 2.27. The van der Waals surface area contributed by atoms with Gasteiger partial charge in [-0.2, -0.15) is 0 Å². The fourth-order valence-corrected chi connectivity index (χ4v) is 2.35. The lowest BCUT2D eigenvalue weighted by Crippen LogP contribution is -2.46. The van der Waals surface area contributed by atoms with Crippen LogP contribution in [0.4, 0.5) is 4.39 Å². The molecule has 0 radical (unpaired) electrons. The van der Waals surface area contributed by atoms with Crippen molar-refractivity contribution in [3.8, 4) is 0 Å².